The maximum absolute atomic E-state index is 17.6. The molecule has 2 aliphatic heterocycles. The fourth-order valence-corrected chi connectivity index (χ4v) is 15.6. The van der Waals surface area contributed by atoms with Crippen LogP contribution in [0.25, 0.3) is 33.1 Å². The smallest absolute Gasteiger partial charge is 0.297 e. The van der Waals surface area contributed by atoms with Gasteiger partial charge in [0, 0.05) is 37.0 Å². The Hall–Kier alpha value is -5.91. The number of anilines is 1. The van der Waals surface area contributed by atoms with E-state index in [4.69, 9.17) is 24.2 Å². The van der Waals surface area contributed by atoms with Gasteiger partial charge in [-0.05, 0) is 89.6 Å². The summed E-state index contributed by atoms with van der Waals surface area (Å²) in [6.07, 6.45) is 0.928. The molecule has 2 saturated heterocycles. The average molecular weight is 903 g/mol. The molecule has 4 aromatic carbocycles. The number of nitrogens with one attached hydrogen (secondary N) is 1. The maximum Gasteiger partial charge on any atom is 0.297 e. The van der Waals surface area contributed by atoms with Crippen molar-refractivity contribution in [1.29, 1.82) is 0 Å². The van der Waals surface area contributed by atoms with Gasteiger partial charge in [0.1, 0.15) is 43.7 Å². The van der Waals surface area contributed by atoms with E-state index in [0.29, 0.717) is 70.6 Å². The van der Waals surface area contributed by atoms with Gasteiger partial charge in [0.2, 0.25) is 5.95 Å². The highest BCUT2D eigenvalue weighted by Gasteiger charge is 2.49. The molecule has 0 unspecified atom stereocenters. The first-order chi connectivity index (χ1) is 31.2. The number of aromatic nitrogens is 4. The van der Waals surface area contributed by atoms with Crippen LogP contribution in [-0.2, 0) is 13.1 Å². The van der Waals surface area contributed by atoms with Gasteiger partial charge in [0.05, 0.1) is 41.9 Å². The van der Waals surface area contributed by atoms with Crippen molar-refractivity contribution < 1.29 is 27.4 Å². The lowest BCUT2D eigenvalue weighted by Crippen LogP contribution is -2.43. The molecular formula is C51H57F3N6O4Si. The van der Waals surface area contributed by atoms with Gasteiger partial charge in [-0.1, -0.05) is 77.8 Å². The molecule has 0 aliphatic carbocycles. The zero-order valence-corrected chi connectivity index (χ0v) is 39.4. The molecule has 8 rings (SSSR count). The Morgan fingerprint density at radius 1 is 0.892 bits per heavy atom. The second-order valence-corrected chi connectivity index (χ2v) is 24.0. The molecule has 2 fully saturated rings. The molecule has 0 spiro atoms. The number of H-pyrrole nitrogens is 1. The van der Waals surface area contributed by atoms with Crippen LogP contribution in [0, 0.1) is 23.1 Å². The van der Waals surface area contributed by atoms with E-state index in [1.54, 1.807) is 20.3 Å². The van der Waals surface area contributed by atoms with Crippen molar-refractivity contribution in [2.75, 3.05) is 38.8 Å². The molecule has 1 N–H and O–H groups in total. The van der Waals surface area contributed by atoms with Gasteiger partial charge in [-0.2, -0.15) is 4.98 Å². The van der Waals surface area contributed by atoms with Crippen molar-refractivity contribution in [3.8, 4) is 40.2 Å². The van der Waals surface area contributed by atoms with Crippen molar-refractivity contribution in [2.45, 2.75) is 102 Å². The number of aromatic amines is 1. The van der Waals surface area contributed by atoms with Crippen LogP contribution in [0.4, 0.5) is 19.1 Å². The van der Waals surface area contributed by atoms with E-state index in [0.717, 1.165) is 36.6 Å². The Kier molecular flexibility index (Phi) is 13.0. The molecule has 0 amide bonds. The Bertz CT molecular complexity index is 2760. The fraction of sp³-hybridized carbons (Fsp3) is 0.412. The van der Waals surface area contributed by atoms with Crippen LogP contribution in [0.1, 0.15) is 77.5 Å². The number of hydrogen-bond donors (Lipinski definition) is 1. The third kappa shape index (κ3) is 8.80. The maximum atomic E-state index is 17.6. The molecule has 2 aromatic heterocycles. The highest BCUT2D eigenvalue weighted by Crippen LogP contribution is 2.43. The Balaban J connectivity index is 1.33. The molecular weight excluding hydrogens is 846 g/mol. The number of methoxy groups -OCH3 is 2. The standard InChI is InChI=1S/C51H57F3N6O4Si/c1-31(2)65(32(3)4,33(5)6)24-21-36-11-9-12-42-43(36)47(56-49(55-42)59(27-34-13-17-38(62-7)18-14-34)28-35-15-19-39(63-8)20-16-35)44-41(53)25-40-46(45(44)54)57-50(58-48(40)61)64-30-51-22-10-23-60(51)29-37(52)26-51/h9,11-20,25,31-33,37H,10,22-23,26-30H2,1-8H3,(H,57,58,61)/t37-,51+/m1/s1. The third-order valence-corrected chi connectivity index (χ3v) is 20.0. The molecule has 340 valence electrons. The van der Waals surface area contributed by atoms with E-state index in [1.165, 1.54) is 0 Å². The monoisotopic (exact) mass is 902 g/mol. The van der Waals surface area contributed by atoms with Crippen molar-refractivity contribution in [1.82, 2.24) is 24.8 Å². The van der Waals surface area contributed by atoms with Gasteiger partial charge >= 0.3 is 0 Å². The largest absolute Gasteiger partial charge is 0.497 e. The number of rotatable bonds is 14. The van der Waals surface area contributed by atoms with E-state index >= 15 is 8.78 Å². The summed E-state index contributed by atoms with van der Waals surface area (Å²) in [5.74, 6) is 3.04. The zero-order chi connectivity index (χ0) is 46.2. The number of fused-ring (bicyclic) bond motifs is 3. The average Bonchev–Trinajstić information content (AvgIpc) is 3.81. The first-order valence-corrected chi connectivity index (χ1v) is 24.7. The van der Waals surface area contributed by atoms with Gasteiger partial charge in [-0.15, -0.1) is 5.54 Å². The van der Waals surface area contributed by atoms with E-state index in [9.17, 15) is 9.18 Å². The molecule has 0 bridgehead atoms. The molecule has 2 aliphatic rings. The quantitative estimate of drug-likeness (QED) is 0.0845. The summed E-state index contributed by atoms with van der Waals surface area (Å²) in [6, 6.07) is 21.5. The minimum Gasteiger partial charge on any atom is -0.497 e. The summed E-state index contributed by atoms with van der Waals surface area (Å²) in [7, 11) is 0.928. The summed E-state index contributed by atoms with van der Waals surface area (Å²) in [5, 5.41) is 0.0833. The minimum atomic E-state index is -2.29. The van der Waals surface area contributed by atoms with Gasteiger partial charge in [0.25, 0.3) is 11.6 Å². The summed E-state index contributed by atoms with van der Waals surface area (Å²) < 4.78 is 66.1. The molecule has 65 heavy (non-hydrogen) atoms. The van der Waals surface area contributed by atoms with Crippen molar-refractivity contribution in [3.05, 3.63) is 111 Å². The van der Waals surface area contributed by atoms with Crippen LogP contribution < -0.4 is 24.7 Å². The highest BCUT2D eigenvalue weighted by atomic mass is 28.3. The van der Waals surface area contributed by atoms with Crippen LogP contribution in [0.3, 0.4) is 0 Å². The highest BCUT2D eigenvalue weighted by molar-refractivity contribution is 6.90. The van der Waals surface area contributed by atoms with Crippen LogP contribution in [0.2, 0.25) is 16.6 Å². The number of alkyl halides is 1. The second-order valence-electron chi connectivity index (χ2n) is 18.4. The first-order valence-electron chi connectivity index (χ1n) is 22.5. The Morgan fingerprint density at radius 3 is 2.12 bits per heavy atom. The van der Waals surface area contributed by atoms with E-state index in [1.807, 2.05) is 65.6 Å². The molecule has 2 atom stereocenters. The van der Waals surface area contributed by atoms with Gasteiger partial charge in [-0.25, -0.2) is 23.1 Å². The summed E-state index contributed by atoms with van der Waals surface area (Å²) >= 11 is 0. The lowest BCUT2D eigenvalue weighted by molar-refractivity contribution is 0.107. The third-order valence-electron chi connectivity index (χ3n) is 13.7. The van der Waals surface area contributed by atoms with E-state index in [-0.39, 0.29) is 35.2 Å². The van der Waals surface area contributed by atoms with E-state index < -0.39 is 42.5 Å². The number of hydrogen-bond acceptors (Lipinski definition) is 9. The number of nitrogens with zero attached hydrogens (tertiary/aromatic N) is 5. The van der Waals surface area contributed by atoms with Crippen LogP contribution in [0.5, 0.6) is 17.5 Å². The molecule has 6 aromatic rings. The Morgan fingerprint density at radius 2 is 1.52 bits per heavy atom. The predicted molar refractivity (Wildman–Crippen MR) is 253 cm³/mol. The molecule has 0 saturated carbocycles. The molecule has 4 heterocycles. The van der Waals surface area contributed by atoms with Gasteiger partial charge in [0.15, 0.2) is 5.82 Å². The van der Waals surface area contributed by atoms with Crippen LogP contribution >= 0.6 is 0 Å². The Labute approximate surface area is 379 Å². The van der Waals surface area contributed by atoms with E-state index in [2.05, 4.69) is 67.9 Å². The lowest BCUT2D eigenvalue weighted by Gasteiger charge is -2.38. The van der Waals surface area contributed by atoms with Gasteiger partial charge < -0.3 is 19.1 Å². The lowest BCUT2D eigenvalue weighted by atomic mass is 9.95. The normalized spacial score (nSPS) is 17.5. The molecule has 10 nitrogen and oxygen atoms in total. The molecule has 0 radical (unpaired) electrons. The summed E-state index contributed by atoms with van der Waals surface area (Å²) in [4.78, 5) is 34.8. The second kappa shape index (κ2) is 18.5. The number of ether oxygens (including phenoxy) is 3. The first kappa shape index (κ1) is 45.6. The number of benzene rings is 4. The minimum absolute atomic E-state index is 0.0304. The predicted octanol–water partition coefficient (Wildman–Crippen LogP) is 10.6. The fourth-order valence-electron chi connectivity index (χ4n) is 10.4. The van der Waals surface area contributed by atoms with Crippen LogP contribution in [-0.4, -0.2) is 78.5 Å². The van der Waals surface area contributed by atoms with Crippen molar-refractivity contribution in [3.63, 3.8) is 0 Å². The summed E-state index contributed by atoms with van der Waals surface area (Å²) in [6.45, 7) is 15.2. The van der Waals surface area contributed by atoms with Crippen molar-refractivity contribution >= 4 is 35.8 Å². The van der Waals surface area contributed by atoms with Gasteiger partial charge in [-0.3, -0.25) is 14.7 Å². The van der Waals surface area contributed by atoms with Crippen molar-refractivity contribution in [2.24, 2.45) is 0 Å². The molecule has 14 heteroatoms. The number of halogens is 3. The van der Waals surface area contributed by atoms with Crippen LogP contribution in [0.15, 0.2) is 77.6 Å². The topological polar surface area (TPSA) is 106 Å². The summed E-state index contributed by atoms with van der Waals surface area (Å²) in [5.41, 5.74) is 5.37. The zero-order valence-electron chi connectivity index (χ0n) is 38.4. The SMILES string of the molecule is COc1ccc(CN(Cc2ccc(OC)cc2)c2nc(-c3c(F)cc4c(=O)[nH]c(OC[C@@]56CCCN5C[C@H](F)C6)nc4c3F)c3c(C#C[Si](C(C)C)(C(C)C)C(C)C)cccc3n2)cc1.